The highest BCUT2D eigenvalue weighted by Crippen LogP contribution is 2.31. The predicted octanol–water partition coefficient (Wildman–Crippen LogP) is 2.35. The summed E-state index contributed by atoms with van der Waals surface area (Å²) < 4.78 is 14.3. The summed E-state index contributed by atoms with van der Waals surface area (Å²) in [5, 5.41) is 3.33. The average molecular weight is 291 g/mol. The summed E-state index contributed by atoms with van der Waals surface area (Å²) in [5.74, 6) is -0.302. The number of likely N-dealkylation sites (N-methyl/N-ethyl adjacent to an activating group) is 1. The monoisotopic (exact) mass is 291 g/mol. The van der Waals surface area contributed by atoms with Crippen LogP contribution in [0.2, 0.25) is 0 Å². The average Bonchev–Trinajstić information content (AvgIpc) is 3.33. The minimum absolute atomic E-state index is 0.302. The molecule has 1 aromatic carbocycles. The van der Waals surface area contributed by atoms with Crippen LogP contribution in [-0.2, 0) is 0 Å². The molecule has 1 aromatic rings. The Morgan fingerprint density at radius 3 is 2.57 bits per heavy atom. The second-order valence-electron chi connectivity index (χ2n) is 5.85. The van der Waals surface area contributed by atoms with E-state index in [-0.39, 0.29) is 5.82 Å². The maximum Gasteiger partial charge on any atom is 0.152 e. The van der Waals surface area contributed by atoms with Gasteiger partial charge in [0.25, 0.3) is 0 Å². The van der Waals surface area contributed by atoms with Crippen LogP contribution >= 0.6 is 0 Å². The fraction of sp³-hybridized carbons (Fsp3) is 0.562. The van der Waals surface area contributed by atoms with Crippen molar-refractivity contribution in [2.75, 3.05) is 42.9 Å². The van der Waals surface area contributed by atoms with Crippen molar-refractivity contribution < 1.29 is 9.18 Å². The summed E-state index contributed by atoms with van der Waals surface area (Å²) in [4.78, 5) is 15.6. The lowest BCUT2D eigenvalue weighted by atomic mass is 10.1. The molecule has 1 aliphatic carbocycles. The fourth-order valence-electron chi connectivity index (χ4n) is 2.79. The van der Waals surface area contributed by atoms with Crippen LogP contribution in [0.4, 0.5) is 15.8 Å². The van der Waals surface area contributed by atoms with E-state index in [0.29, 0.717) is 17.3 Å². The molecular weight excluding hydrogens is 269 g/mol. The van der Waals surface area contributed by atoms with E-state index in [0.717, 1.165) is 57.5 Å². The van der Waals surface area contributed by atoms with E-state index < -0.39 is 0 Å². The summed E-state index contributed by atoms with van der Waals surface area (Å²) >= 11 is 0. The van der Waals surface area contributed by atoms with Gasteiger partial charge in [0.05, 0.1) is 5.69 Å². The van der Waals surface area contributed by atoms with Crippen molar-refractivity contribution in [3.63, 3.8) is 0 Å². The van der Waals surface area contributed by atoms with Gasteiger partial charge in [0.2, 0.25) is 0 Å². The molecule has 21 heavy (non-hydrogen) atoms. The van der Waals surface area contributed by atoms with Crippen molar-refractivity contribution in [3.8, 4) is 0 Å². The summed E-state index contributed by atoms with van der Waals surface area (Å²) in [6.07, 6.45) is 2.98. The number of nitrogens with zero attached hydrogens (tertiary/aromatic N) is 2. The van der Waals surface area contributed by atoms with Gasteiger partial charge in [0.15, 0.2) is 6.29 Å². The summed E-state index contributed by atoms with van der Waals surface area (Å²) in [7, 11) is 0. The Balaban J connectivity index is 1.82. The third-order valence-corrected chi connectivity index (χ3v) is 4.34. The Morgan fingerprint density at radius 1 is 1.29 bits per heavy atom. The second-order valence-corrected chi connectivity index (χ2v) is 5.85. The van der Waals surface area contributed by atoms with Crippen molar-refractivity contribution in [2.45, 2.75) is 25.8 Å². The molecule has 1 saturated heterocycles. The van der Waals surface area contributed by atoms with E-state index in [4.69, 9.17) is 0 Å². The number of anilines is 2. The SMILES string of the molecule is CCN1CCN(c2cc(NC3CC3)c(C=O)cc2F)CC1. The van der Waals surface area contributed by atoms with Gasteiger partial charge in [0.1, 0.15) is 5.82 Å². The molecule has 0 bridgehead atoms. The number of rotatable bonds is 5. The third-order valence-electron chi connectivity index (χ3n) is 4.34. The van der Waals surface area contributed by atoms with Crippen LogP contribution in [0.5, 0.6) is 0 Å². The van der Waals surface area contributed by atoms with Gasteiger partial charge >= 0.3 is 0 Å². The van der Waals surface area contributed by atoms with Crippen LogP contribution in [0, 0.1) is 5.82 Å². The van der Waals surface area contributed by atoms with Gasteiger partial charge in [-0.2, -0.15) is 0 Å². The van der Waals surface area contributed by atoms with Crippen LogP contribution in [0.3, 0.4) is 0 Å². The minimum atomic E-state index is -0.302. The number of aldehydes is 1. The lowest BCUT2D eigenvalue weighted by Gasteiger charge is -2.36. The Bertz CT molecular complexity index is 522. The first kappa shape index (κ1) is 14.3. The van der Waals surface area contributed by atoms with Crippen LogP contribution in [-0.4, -0.2) is 50.0 Å². The first-order chi connectivity index (χ1) is 10.2. The molecular formula is C16H22FN3O. The van der Waals surface area contributed by atoms with Gasteiger partial charge in [-0.15, -0.1) is 0 Å². The largest absolute Gasteiger partial charge is 0.382 e. The molecule has 3 rings (SSSR count). The molecule has 1 heterocycles. The maximum atomic E-state index is 14.3. The van der Waals surface area contributed by atoms with Gasteiger partial charge in [-0.1, -0.05) is 6.92 Å². The zero-order valence-electron chi connectivity index (χ0n) is 12.4. The van der Waals surface area contributed by atoms with Crippen molar-refractivity contribution in [2.24, 2.45) is 0 Å². The number of benzene rings is 1. The molecule has 0 atom stereocenters. The van der Waals surface area contributed by atoms with Gasteiger partial charge in [-0.05, 0) is 31.5 Å². The molecule has 5 heteroatoms. The maximum absolute atomic E-state index is 14.3. The molecule has 2 aliphatic rings. The summed E-state index contributed by atoms with van der Waals surface area (Å²) in [6.45, 7) is 6.75. The van der Waals surface area contributed by atoms with Crippen molar-refractivity contribution in [1.82, 2.24) is 4.90 Å². The van der Waals surface area contributed by atoms with Crippen molar-refractivity contribution in [3.05, 3.63) is 23.5 Å². The topological polar surface area (TPSA) is 35.6 Å². The Morgan fingerprint density at radius 2 is 2.00 bits per heavy atom. The minimum Gasteiger partial charge on any atom is -0.382 e. The zero-order chi connectivity index (χ0) is 14.8. The first-order valence-electron chi connectivity index (χ1n) is 7.74. The van der Waals surface area contributed by atoms with Crippen molar-refractivity contribution in [1.29, 1.82) is 0 Å². The molecule has 4 nitrogen and oxygen atoms in total. The predicted molar refractivity (Wildman–Crippen MR) is 82.8 cm³/mol. The Hall–Kier alpha value is -1.62. The van der Waals surface area contributed by atoms with Gasteiger partial charge in [-0.3, -0.25) is 4.79 Å². The quantitative estimate of drug-likeness (QED) is 0.845. The molecule has 1 aliphatic heterocycles. The summed E-state index contributed by atoms with van der Waals surface area (Å²) in [6, 6.07) is 3.61. The number of hydrogen-bond acceptors (Lipinski definition) is 4. The number of nitrogens with one attached hydrogen (secondary N) is 1. The number of halogens is 1. The van der Waals surface area contributed by atoms with Gasteiger partial charge < -0.3 is 15.1 Å². The Kier molecular flexibility index (Phi) is 4.10. The molecule has 1 saturated carbocycles. The molecule has 1 N–H and O–H groups in total. The smallest absolute Gasteiger partial charge is 0.152 e. The third kappa shape index (κ3) is 3.18. The molecule has 0 aromatic heterocycles. The molecule has 0 amide bonds. The van der Waals surface area contributed by atoms with Crippen LogP contribution < -0.4 is 10.2 Å². The number of carbonyl (C=O) groups excluding carboxylic acids is 1. The fourth-order valence-corrected chi connectivity index (χ4v) is 2.79. The van der Waals surface area contributed by atoms with Crippen LogP contribution in [0.25, 0.3) is 0 Å². The first-order valence-corrected chi connectivity index (χ1v) is 7.74. The standard InChI is InChI=1S/C16H22FN3O/c1-2-19-5-7-20(8-6-19)16-10-15(18-13-3-4-13)12(11-21)9-14(16)17/h9-11,13,18H,2-8H2,1H3. The molecule has 0 unspecified atom stereocenters. The second kappa shape index (κ2) is 6.02. The van der Waals surface area contributed by atoms with E-state index in [1.165, 1.54) is 6.07 Å². The van der Waals surface area contributed by atoms with E-state index in [2.05, 4.69) is 22.0 Å². The highest BCUT2D eigenvalue weighted by Gasteiger charge is 2.24. The van der Waals surface area contributed by atoms with E-state index in [1.807, 2.05) is 0 Å². The molecule has 0 radical (unpaired) electrons. The molecule has 0 spiro atoms. The molecule has 114 valence electrons. The number of piperazine rings is 1. The Labute approximate surface area is 124 Å². The van der Waals surface area contributed by atoms with Crippen LogP contribution in [0.15, 0.2) is 12.1 Å². The zero-order valence-corrected chi connectivity index (χ0v) is 12.4. The summed E-state index contributed by atoms with van der Waals surface area (Å²) in [5.41, 5.74) is 1.79. The lowest BCUT2D eigenvalue weighted by Crippen LogP contribution is -2.46. The highest BCUT2D eigenvalue weighted by atomic mass is 19.1. The normalized spacial score (nSPS) is 19.6. The van der Waals surface area contributed by atoms with Crippen LogP contribution in [0.1, 0.15) is 30.1 Å². The van der Waals surface area contributed by atoms with Gasteiger partial charge in [0, 0.05) is 43.5 Å². The van der Waals surface area contributed by atoms with E-state index >= 15 is 0 Å². The lowest BCUT2D eigenvalue weighted by molar-refractivity contribution is 0.112. The number of carbonyl (C=O) groups is 1. The van der Waals surface area contributed by atoms with Gasteiger partial charge in [-0.25, -0.2) is 4.39 Å². The highest BCUT2D eigenvalue weighted by molar-refractivity contribution is 5.86. The van der Waals surface area contributed by atoms with Crippen molar-refractivity contribution >= 4 is 17.7 Å². The molecule has 2 fully saturated rings. The van der Waals surface area contributed by atoms with E-state index in [1.54, 1.807) is 6.07 Å². The van der Waals surface area contributed by atoms with E-state index in [9.17, 15) is 9.18 Å². The number of hydrogen-bond donors (Lipinski definition) is 1.